The van der Waals surface area contributed by atoms with Crippen LogP contribution in [0.15, 0.2) is 18.2 Å². The molecule has 0 aromatic heterocycles. The summed E-state index contributed by atoms with van der Waals surface area (Å²) in [6, 6.07) is 6.30. The minimum atomic E-state index is -0.243. The zero-order chi connectivity index (χ0) is 10.8. The molecule has 1 aromatic rings. The molecule has 15 heavy (non-hydrogen) atoms. The van der Waals surface area contributed by atoms with Gasteiger partial charge in [0.1, 0.15) is 0 Å². The van der Waals surface area contributed by atoms with Crippen molar-refractivity contribution in [1.29, 1.82) is 0 Å². The molecule has 2 unspecified atom stereocenters. The van der Waals surface area contributed by atoms with E-state index in [-0.39, 0.29) is 6.10 Å². The van der Waals surface area contributed by atoms with E-state index >= 15 is 0 Å². The third-order valence-corrected chi connectivity index (χ3v) is 3.74. The molecule has 0 saturated carbocycles. The Labute approximate surface area is 92.1 Å². The second kappa shape index (κ2) is 4.36. The lowest BCUT2D eigenvalue weighted by Gasteiger charge is -2.15. The second-order valence-corrected chi connectivity index (χ2v) is 4.71. The Balaban J connectivity index is 2.35. The summed E-state index contributed by atoms with van der Waals surface area (Å²) in [4.78, 5) is 0. The van der Waals surface area contributed by atoms with Gasteiger partial charge in [0.2, 0.25) is 0 Å². The lowest BCUT2D eigenvalue weighted by Crippen LogP contribution is -2.03. The summed E-state index contributed by atoms with van der Waals surface area (Å²) < 4.78 is 0. The van der Waals surface area contributed by atoms with Crippen LogP contribution in [0.3, 0.4) is 0 Å². The highest BCUT2D eigenvalue weighted by molar-refractivity contribution is 5.36. The van der Waals surface area contributed by atoms with E-state index in [0.717, 1.165) is 12.8 Å². The SMILES string of the molecule is CCC1CCc2c(C)cccc2C(O)C1. The quantitative estimate of drug-likeness (QED) is 0.695. The smallest absolute Gasteiger partial charge is 0.0795 e. The van der Waals surface area contributed by atoms with Crippen LogP contribution in [-0.4, -0.2) is 5.11 Å². The number of hydrogen-bond acceptors (Lipinski definition) is 1. The molecule has 1 N–H and O–H groups in total. The van der Waals surface area contributed by atoms with Gasteiger partial charge in [-0.2, -0.15) is 0 Å². The maximum Gasteiger partial charge on any atom is 0.0795 e. The molecule has 1 aliphatic rings. The summed E-state index contributed by atoms with van der Waals surface area (Å²) in [5, 5.41) is 10.2. The molecule has 2 atom stereocenters. The number of aliphatic hydroxyl groups is 1. The second-order valence-electron chi connectivity index (χ2n) is 4.71. The van der Waals surface area contributed by atoms with E-state index in [1.54, 1.807) is 0 Å². The zero-order valence-electron chi connectivity index (χ0n) is 9.66. The van der Waals surface area contributed by atoms with Crippen molar-refractivity contribution < 1.29 is 5.11 Å². The van der Waals surface area contributed by atoms with Crippen molar-refractivity contribution in [3.05, 3.63) is 34.9 Å². The maximum atomic E-state index is 10.2. The summed E-state index contributed by atoms with van der Waals surface area (Å²) in [6.45, 7) is 4.37. The van der Waals surface area contributed by atoms with E-state index in [1.165, 1.54) is 29.5 Å². The Morgan fingerprint density at radius 1 is 1.40 bits per heavy atom. The van der Waals surface area contributed by atoms with Crippen LogP contribution in [0.2, 0.25) is 0 Å². The molecule has 0 fully saturated rings. The molecule has 0 heterocycles. The first-order valence-electron chi connectivity index (χ1n) is 5.98. The van der Waals surface area contributed by atoms with Crippen LogP contribution in [0.4, 0.5) is 0 Å². The van der Waals surface area contributed by atoms with E-state index in [4.69, 9.17) is 0 Å². The average molecular weight is 204 g/mol. The van der Waals surface area contributed by atoms with Gasteiger partial charge in [0, 0.05) is 0 Å². The van der Waals surface area contributed by atoms with Crippen LogP contribution in [-0.2, 0) is 6.42 Å². The Morgan fingerprint density at radius 2 is 2.20 bits per heavy atom. The van der Waals surface area contributed by atoms with E-state index in [9.17, 15) is 5.11 Å². The van der Waals surface area contributed by atoms with Gasteiger partial charge in [0.05, 0.1) is 6.10 Å². The van der Waals surface area contributed by atoms with Gasteiger partial charge in [-0.1, -0.05) is 31.5 Å². The van der Waals surface area contributed by atoms with Crippen molar-refractivity contribution in [1.82, 2.24) is 0 Å². The van der Waals surface area contributed by atoms with E-state index in [0.29, 0.717) is 5.92 Å². The third-order valence-electron chi connectivity index (χ3n) is 3.74. The monoisotopic (exact) mass is 204 g/mol. The molecule has 0 bridgehead atoms. The fraction of sp³-hybridized carbons (Fsp3) is 0.571. The molecule has 0 amide bonds. The van der Waals surface area contributed by atoms with Crippen LogP contribution < -0.4 is 0 Å². The van der Waals surface area contributed by atoms with Crippen LogP contribution in [0.1, 0.15) is 49.0 Å². The molecule has 0 aliphatic heterocycles. The highest BCUT2D eigenvalue weighted by Crippen LogP contribution is 2.34. The van der Waals surface area contributed by atoms with Crippen LogP contribution >= 0.6 is 0 Å². The predicted octanol–water partition coefficient (Wildman–Crippen LogP) is 3.39. The highest BCUT2D eigenvalue weighted by Gasteiger charge is 2.22. The van der Waals surface area contributed by atoms with Crippen LogP contribution in [0.25, 0.3) is 0 Å². The summed E-state index contributed by atoms with van der Waals surface area (Å²) in [5.41, 5.74) is 3.90. The first-order chi connectivity index (χ1) is 7.22. The topological polar surface area (TPSA) is 20.2 Å². The number of rotatable bonds is 1. The molecule has 1 aliphatic carbocycles. The predicted molar refractivity (Wildman–Crippen MR) is 62.9 cm³/mol. The summed E-state index contributed by atoms with van der Waals surface area (Å²) in [5.74, 6) is 0.687. The van der Waals surface area contributed by atoms with Crippen molar-refractivity contribution >= 4 is 0 Å². The maximum absolute atomic E-state index is 10.2. The van der Waals surface area contributed by atoms with E-state index in [2.05, 4.69) is 32.0 Å². The van der Waals surface area contributed by atoms with Crippen molar-refractivity contribution in [2.24, 2.45) is 5.92 Å². The van der Waals surface area contributed by atoms with E-state index in [1.807, 2.05) is 0 Å². The molecule has 0 radical (unpaired) electrons. The molecule has 1 heteroatoms. The van der Waals surface area contributed by atoms with Gasteiger partial charge in [0.15, 0.2) is 0 Å². The molecular formula is C14H20O. The van der Waals surface area contributed by atoms with Gasteiger partial charge in [-0.15, -0.1) is 0 Å². The minimum Gasteiger partial charge on any atom is -0.388 e. The fourth-order valence-corrected chi connectivity index (χ4v) is 2.66. The van der Waals surface area contributed by atoms with E-state index < -0.39 is 0 Å². The number of fused-ring (bicyclic) bond motifs is 1. The Bertz CT molecular complexity index is 343. The van der Waals surface area contributed by atoms with Crippen LogP contribution in [0, 0.1) is 12.8 Å². The Kier molecular flexibility index (Phi) is 3.11. The number of aliphatic hydroxyl groups excluding tert-OH is 1. The summed E-state index contributed by atoms with van der Waals surface area (Å²) in [6.07, 6.45) is 4.24. The van der Waals surface area contributed by atoms with Gasteiger partial charge >= 0.3 is 0 Å². The first kappa shape index (κ1) is 10.7. The van der Waals surface area contributed by atoms with Crippen molar-refractivity contribution in [2.45, 2.75) is 45.6 Å². The van der Waals surface area contributed by atoms with Crippen LogP contribution in [0.5, 0.6) is 0 Å². The Morgan fingerprint density at radius 3 is 2.93 bits per heavy atom. The third kappa shape index (κ3) is 2.07. The lowest BCUT2D eigenvalue weighted by atomic mass is 9.96. The van der Waals surface area contributed by atoms with Gasteiger partial charge in [-0.25, -0.2) is 0 Å². The largest absolute Gasteiger partial charge is 0.388 e. The van der Waals surface area contributed by atoms with Crippen molar-refractivity contribution in [2.75, 3.05) is 0 Å². The van der Waals surface area contributed by atoms with Gasteiger partial charge in [0.25, 0.3) is 0 Å². The summed E-state index contributed by atoms with van der Waals surface area (Å²) >= 11 is 0. The van der Waals surface area contributed by atoms with Crippen molar-refractivity contribution in [3.63, 3.8) is 0 Å². The zero-order valence-corrected chi connectivity index (χ0v) is 9.66. The lowest BCUT2D eigenvalue weighted by molar-refractivity contribution is 0.145. The van der Waals surface area contributed by atoms with Gasteiger partial charge < -0.3 is 5.11 Å². The molecule has 0 spiro atoms. The average Bonchev–Trinajstić information content (AvgIpc) is 2.40. The minimum absolute atomic E-state index is 0.243. The normalized spacial score (nSPS) is 25.8. The molecule has 82 valence electrons. The molecule has 1 aromatic carbocycles. The van der Waals surface area contributed by atoms with Crippen molar-refractivity contribution in [3.8, 4) is 0 Å². The summed E-state index contributed by atoms with van der Waals surface area (Å²) in [7, 11) is 0. The number of hydrogen-bond donors (Lipinski definition) is 1. The molecule has 1 nitrogen and oxygen atoms in total. The molecule has 2 rings (SSSR count). The van der Waals surface area contributed by atoms with Gasteiger partial charge in [-0.05, 0) is 48.8 Å². The fourth-order valence-electron chi connectivity index (χ4n) is 2.66. The molecule has 0 saturated heterocycles. The standard InChI is InChI=1S/C14H20O/c1-3-11-7-8-12-10(2)5-4-6-13(12)14(15)9-11/h4-6,11,14-15H,3,7-9H2,1-2H3. The molecular weight excluding hydrogens is 184 g/mol. The first-order valence-corrected chi connectivity index (χ1v) is 5.98. The Hall–Kier alpha value is -0.820. The number of aryl methyl sites for hydroxylation is 1. The number of benzene rings is 1. The van der Waals surface area contributed by atoms with Gasteiger partial charge in [-0.3, -0.25) is 0 Å². The highest BCUT2D eigenvalue weighted by atomic mass is 16.3.